The summed E-state index contributed by atoms with van der Waals surface area (Å²) in [5.41, 5.74) is 1.44. The van der Waals surface area contributed by atoms with Gasteiger partial charge in [-0.25, -0.2) is 4.98 Å². The van der Waals surface area contributed by atoms with Crippen molar-refractivity contribution in [1.82, 2.24) is 20.1 Å². The molecule has 3 heterocycles. The fourth-order valence-electron chi connectivity index (χ4n) is 1.93. The maximum Gasteiger partial charge on any atom is 0.191 e. The molecule has 0 unspecified atom stereocenters. The second-order valence-corrected chi connectivity index (χ2v) is 5.17. The van der Waals surface area contributed by atoms with Gasteiger partial charge in [0.1, 0.15) is 6.33 Å². The molecule has 0 atom stereocenters. The Labute approximate surface area is 116 Å². The second kappa shape index (κ2) is 5.65. The Hall–Kier alpha value is -1.17. The maximum atomic E-state index is 4.32. The van der Waals surface area contributed by atoms with Gasteiger partial charge in [-0.1, -0.05) is 6.08 Å². The van der Waals surface area contributed by atoms with Crippen molar-refractivity contribution in [3.63, 3.8) is 0 Å². The predicted octanol–water partition coefficient (Wildman–Crippen LogP) is 2.34. The van der Waals surface area contributed by atoms with Crippen molar-refractivity contribution in [2.24, 2.45) is 7.05 Å². The van der Waals surface area contributed by atoms with Crippen molar-refractivity contribution in [2.45, 2.75) is 6.42 Å². The lowest BCUT2D eigenvalue weighted by atomic mass is 10.1. The van der Waals surface area contributed by atoms with Crippen LogP contribution in [0.1, 0.15) is 11.3 Å². The van der Waals surface area contributed by atoms with Gasteiger partial charge in [0.15, 0.2) is 5.82 Å². The van der Waals surface area contributed by atoms with Crippen LogP contribution in [0.4, 0.5) is 0 Å². The van der Waals surface area contributed by atoms with Crippen LogP contribution in [0.25, 0.3) is 16.3 Å². The van der Waals surface area contributed by atoms with Crippen molar-refractivity contribution in [2.75, 3.05) is 13.1 Å². The summed E-state index contributed by atoms with van der Waals surface area (Å²) in [5.74, 6) is 0.818. The Bertz CT molecular complexity index is 558. The van der Waals surface area contributed by atoms with Gasteiger partial charge in [0, 0.05) is 18.5 Å². The quantitative estimate of drug-likeness (QED) is 0.919. The van der Waals surface area contributed by atoms with Crippen LogP contribution in [0.2, 0.25) is 0 Å². The van der Waals surface area contributed by atoms with Crippen LogP contribution in [0.5, 0.6) is 0 Å². The number of rotatable bonds is 2. The molecule has 0 bridgehead atoms. The number of hydrogen-bond donors (Lipinski definition) is 1. The molecule has 0 spiro atoms. The minimum absolute atomic E-state index is 0. The van der Waals surface area contributed by atoms with Gasteiger partial charge in [-0.3, -0.25) is 4.68 Å². The number of halogens is 1. The normalized spacial score (nSPS) is 15.1. The number of aromatic nitrogens is 3. The minimum atomic E-state index is 0. The van der Waals surface area contributed by atoms with E-state index in [2.05, 4.69) is 33.6 Å². The van der Waals surface area contributed by atoms with Crippen LogP contribution in [-0.4, -0.2) is 27.9 Å². The summed E-state index contributed by atoms with van der Waals surface area (Å²) in [6.45, 7) is 2.05. The lowest BCUT2D eigenvalue weighted by Gasteiger charge is -2.11. The highest BCUT2D eigenvalue weighted by molar-refractivity contribution is 7.16. The summed E-state index contributed by atoms with van der Waals surface area (Å²) in [5, 5.41) is 7.65. The first-order valence-electron chi connectivity index (χ1n) is 5.69. The van der Waals surface area contributed by atoms with Crippen molar-refractivity contribution < 1.29 is 0 Å². The summed E-state index contributed by atoms with van der Waals surface area (Å²) in [6.07, 6.45) is 5.11. The zero-order valence-corrected chi connectivity index (χ0v) is 11.7. The fraction of sp³-hybridized carbons (Fsp3) is 0.333. The van der Waals surface area contributed by atoms with Crippen molar-refractivity contribution >= 4 is 29.3 Å². The van der Waals surface area contributed by atoms with Gasteiger partial charge in [0.2, 0.25) is 0 Å². The summed E-state index contributed by atoms with van der Waals surface area (Å²) < 4.78 is 1.73. The van der Waals surface area contributed by atoms with Gasteiger partial charge < -0.3 is 5.32 Å². The van der Waals surface area contributed by atoms with Crippen LogP contribution in [0, 0.1) is 0 Å². The Morgan fingerprint density at radius 2 is 2.17 bits per heavy atom. The standard InChI is InChI=1S/C12H14N4S.ClH/c1-16-8-14-12(15-16)11-3-2-10(17-11)9-4-6-13-7-5-9;/h2-4,8,13H,5-7H2,1H3;1H. The number of nitrogens with one attached hydrogen (secondary N) is 1. The predicted molar refractivity (Wildman–Crippen MR) is 77.0 cm³/mol. The average Bonchev–Trinajstić information content (AvgIpc) is 2.98. The van der Waals surface area contributed by atoms with E-state index < -0.39 is 0 Å². The van der Waals surface area contributed by atoms with Crippen molar-refractivity contribution in [3.8, 4) is 10.7 Å². The Morgan fingerprint density at radius 3 is 2.83 bits per heavy atom. The Morgan fingerprint density at radius 1 is 1.33 bits per heavy atom. The number of aryl methyl sites for hydroxylation is 1. The average molecular weight is 283 g/mol. The Balaban J connectivity index is 0.00000120. The maximum absolute atomic E-state index is 4.32. The van der Waals surface area contributed by atoms with E-state index in [1.165, 1.54) is 10.5 Å². The molecule has 18 heavy (non-hydrogen) atoms. The summed E-state index contributed by atoms with van der Waals surface area (Å²) in [7, 11) is 1.89. The van der Waals surface area contributed by atoms with E-state index in [9.17, 15) is 0 Å². The molecule has 0 fully saturated rings. The summed E-state index contributed by atoms with van der Waals surface area (Å²) in [6, 6.07) is 4.28. The number of thiophene rings is 1. The molecule has 1 N–H and O–H groups in total. The van der Waals surface area contributed by atoms with Crippen molar-refractivity contribution in [1.29, 1.82) is 0 Å². The van der Waals surface area contributed by atoms with Gasteiger partial charge in [-0.05, 0) is 30.7 Å². The van der Waals surface area contributed by atoms with Crippen LogP contribution in [0.15, 0.2) is 24.5 Å². The van der Waals surface area contributed by atoms with Gasteiger partial charge in [0.05, 0.1) is 4.88 Å². The first-order valence-corrected chi connectivity index (χ1v) is 6.50. The van der Waals surface area contributed by atoms with Crippen LogP contribution >= 0.6 is 23.7 Å². The SMILES string of the molecule is Cl.Cn1cnc(-c2ccc(C3=CCNCC3)s2)n1. The molecule has 3 rings (SSSR count). The first kappa shape index (κ1) is 13.3. The number of nitrogens with zero attached hydrogens (tertiary/aromatic N) is 3. The molecule has 1 aliphatic heterocycles. The molecule has 0 amide bonds. The molecule has 0 aromatic carbocycles. The van der Waals surface area contributed by atoms with Gasteiger partial charge >= 0.3 is 0 Å². The monoisotopic (exact) mass is 282 g/mol. The third-order valence-electron chi connectivity index (χ3n) is 2.81. The molecule has 0 radical (unpaired) electrons. The van der Waals surface area contributed by atoms with E-state index in [1.54, 1.807) is 22.3 Å². The zero-order valence-electron chi connectivity index (χ0n) is 10.1. The van der Waals surface area contributed by atoms with Crippen LogP contribution in [-0.2, 0) is 7.05 Å². The molecule has 96 valence electrons. The van der Waals surface area contributed by atoms with E-state index in [0.29, 0.717) is 0 Å². The molecule has 2 aromatic rings. The van der Waals surface area contributed by atoms with E-state index in [0.717, 1.165) is 30.2 Å². The first-order chi connectivity index (χ1) is 8.33. The van der Waals surface area contributed by atoms with Crippen LogP contribution < -0.4 is 5.32 Å². The van der Waals surface area contributed by atoms with Gasteiger partial charge in [-0.2, -0.15) is 5.10 Å². The van der Waals surface area contributed by atoms with E-state index >= 15 is 0 Å². The third-order valence-corrected chi connectivity index (χ3v) is 3.96. The van der Waals surface area contributed by atoms with E-state index in [4.69, 9.17) is 0 Å². The highest BCUT2D eigenvalue weighted by atomic mass is 35.5. The lowest BCUT2D eigenvalue weighted by Crippen LogP contribution is -2.19. The molecule has 0 saturated carbocycles. The van der Waals surface area contributed by atoms with Gasteiger partial charge in [-0.15, -0.1) is 23.7 Å². The molecule has 2 aromatic heterocycles. The third kappa shape index (κ3) is 2.63. The van der Waals surface area contributed by atoms with Gasteiger partial charge in [0.25, 0.3) is 0 Å². The Kier molecular flexibility index (Phi) is 4.16. The van der Waals surface area contributed by atoms with E-state index in [1.807, 2.05) is 7.05 Å². The van der Waals surface area contributed by atoms with Crippen LogP contribution in [0.3, 0.4) is 0 Å². The highest BCUT2D eigenvalue weighted by Gasteiger charge is 2.11. The second-order valence-electron chi connectivity index (χ2n) is 4.09. The summed E-state index contributed by atoms with van der Waals surface area (Å²) >= 11 is 1.77. The smallest absolute Gasteiger partial charge is 0.191 e. The molecule has 1 aliphatic rings. The lowest BCUT2D eigenvalue weighted by molar-refractivity contribution is 0.739. The molecule has 0 saturated heterocycles. The molecule has 0 aliphatic carbocycles. The minimum Gasteiger partial charge on any atom is -0.313 e. The molecular weight excluding hydrogens is 268 g/mol. The number of hydrogen-bond acceptors (Lipinski definition) is 4. The largest absolute Gasteiger partial charge is 0.313 e. The molecule has 6 heteroatoms. The zero-order chi connectivity index (χ0) is 11.7. The molecule has 4 nitrogen and oxygen atoms in total. The topological polar surface area (TPSA) is 42.7 Å². The summed E-state index contributed by atoms with van der Waals surface area (Å²) in [4.78, 5) is 6.76. The fourth-order valence-corrected chi connectivity index (χ4v) is 2.94. The molecular formula is C12H15ClN4S. The highest BCUT2D eigenvalue weighted by Crippen LogP contribution is 2.31. The van der Waals surface area contributed by atoms with E-state index in [-0.39, 0.29) is 12.4 Å². The van der Waals surface area contributed by atoms with Crippen molar-refractivity contribution in [3.05, 3.63) is 29.4 Å².